The van der Waals surface area contributed by atoms with E-state index in [0.717, 1.165) is 16.8 Å². The second-order valence-electron chi connectivity index (χ2n) is 11.1. The number of aryl methyl sites for hydroxylation is 1. The van der Waals surface area contributed by atoms with Crippen LogP contribution in [0.1, 0.15) is 60.6 Å². The summed E-state index contributed by atoms with van der Waals surface area (Å²) in [5, 5.41) is 0.561. The highest BCUT2D eigenvalue weighted by molar-refractivity contribution is 6.33. The number of carbonyl (C=O) groups is 3. The molecule has 0 bridgehead atoms. The number of halogens is 1. The lowest BCUT2D eigenvalue weighted by molar-refractivity contribution is 0.0664. The first-order valence-electron chi connectivity index (χ1n) is 14.1. The smallest absolute Gasteiger partial charge is 0.185 e. The average molecular weight is 574 g/mol. The maximum absolute atomic E-state index is 14.8. The Morgan fingerprint density at radius 2 is 1.57 bits per heavy atom. The van der Waals surface area contributed by atoms with E-state index in [9.17, 15) is 14.4 Å². The third-order valence-corrected chi connectivity index (χ3v) is 9.16. The summed E-state index contributed by atoms with van der Waals surface area (Å²) in [5.41, 5.74) is 2.98. The lowest BCUT2D eigenvalue weighted by atomic mass is 9.64. The Bertz CT molecular complexity index is 1770. The van der Waals surface area contributed by atoms with Gasteiger partial charge in [-0.1, -0.05) is 96.0 Å². The van der Waals surface area contributed by atoms with E-state index in [2.05, 4.69) is 0 Å². The number of para-hydroxylation sites is 1. The molecule has 208 valence electrons. The minimum atomic E-state index is -1.59. The molecule has 2 heterocycles. The number of hydrogen-bond acceptors (Lipinski definition) is 5. The first kappa shape index (κ1) is 26.4. The quantitative estimate of drug-likeness (QED) is 0.184. The van der Waals surface area contributed by atoms with Gasteiger partial charge in [0.15, 0.2) is 17.3 Å². The molecule has 1 fully saturated rings. The third-order valence-electron chi connectivity index (χ3n) is 8.92. The molecule has 5 nitrogen and oxygen atoms in total. The summed E-state index contributed by atoms with van der Waals surface area (Å²) in [7, 11) is 0. The Kier molecular flexibility index (Phi) is 6.17. The summed E-state index contributed by atoms with van der Waals surface area (Å²) in [5.74, 6) is -0.979. The van der Waals surface area contributed by atoms with Crippen molar-refractivity contribution in [3.05, 3.63) is 135 Å². The molecule has 1 spiro atoms. The van der Waals surface area contributed by atoms with Gasteiger partial charge in [0.1, 0.15) is 17.2 Å². The third kappa shape index (κ3) is 3.59. The number of nitrogens with zero attached hydrogens (tertiary/aromatic N) is 1. The number of fused-ring (bicyclic) bond motifs is 5. The van der Waals surface area contributed by atoms with Crippen LogP contribution >= 0.6 is 11.6 Å². The lowest BCUT2D eigenvalue weighted by Gasteiger charge is -2.37. The zero-order valence-corrected chi connectivity index (χ0v) is 24.0. The van der Waals surface area contributed by atoms with Crippen LogP contribution in [0.4, 0.5) is 5.69 Å². The number of ether oxygens (including phenoxy) is 1. The van der Waals surface area contributed by atoms with Crippen molar-refractivity contribution >= 4 is 40.7 Å². The lowest BCUT2D eigenvalue weighted by Crippen LogP contribution is -2.48. The Labute approximate surface area is 249 Å². The summed E-state index contributed by atoms with van der Waals surface area (Å²) in [6.45, 7) is 4.26. The molecule has 0 aromatic heterocycles. The first-order valence-corrected chi connectivity index (χ1v) is 14.5. The Morgan fingerprint density at radius 1 is 0.905 bits per heavy atom. The monoisotopic (exact) mass is 573 g/mol. The number of benzene rings is 4. The predicted molar refractivity (Wildman–Crippen MR) is 164 cm³/mol. The van der Waals surface area contributed by atoms with Gasteiger partial charge >= 0.3 is 0 Å². The number of carbonyl (C=O) groups excluding carboxylic acids is 3. The first-order chi connectivity index (χ1) is 20.4. The molecule has 4 aromatic carbocycles. The fraction of sp³-hybridized carbons (Fsp3) is 0.194. The van der Waals surface area contributed by atoms with E-state index in [0.29, 0.717) is 39.6 Å². The number of hydrogen-bond donors (Lipinski definition) is 0. The van der Waals surface area contributed by atoms with Gasteiger partial charge in [0.05, 0.1) is 12.6 Å². The Hall–Kier alpha value is -4.48. The topological polar surface area (TPSA) is 63.7 Å². The molecule has 0 N–H and O–H groups in total. The highest BCUT2D eigenvalue weighted by Gasteiger charge is 2.71. The van der Waals surface area contributed by atoms with Crippen molar-refractivity contribution in [1.82, 2.24) is 0 Å². The fourth-order valence-corrected chi connectivity index (χ4v) is 7.38. The van der Waals surface area contributed by atoms with Gasteiger partial charge in [-0.05, 0) is 43.7 Å². The van der Waals surface area contributed by atoms with Gasteiger partial charge in [-0.3, -0.25) is 14.4 Å². The second-order valence-corrected chi connectivity index (χ2v) is 11.5. The van der Waals surface area contributed by atoms with Crippen molar-refractivity contribution < 1.29 is 19.1 Å². The maximum Gasteiger partial charge on any atom is 0.185 e. The molecule has 4 aromatic rings. The van der Waals surface area contributed by atoms with Crippen molar-refractivity contribution in [2.45, 2.75) is 31.8 Å². The minimum Gasteiger partial charge on any atom is -0.494 e. The molecule has 1 aliphatic carbocycles. The van der Waals surface area contributed by atoms with Gasteiger partial charge in [-0.25, -0.2) is 0 Å². The minimum absolute atomic E-state index is 0.166. The van der Waals surface area contributed by atoms with Crippen molar-refractivity contribution in [3.8, 4) is 5.75 Å². The van der Waals surface area contributed by atoms with Crippen LogP contribution in [0, 0.1) is 12.3 Å². The van der Waals surface area contributed by atoms with Crippen molar-refractivity contribution in [2.75, 3.05) is 11.5 Å². The van der Waals surface area contributed by atoms with Crippen LogP contribution in [-0.4, -0.2) is 36.0 Å². The van der Waals surface area contributed by atoms with E-state index >= 15 is 0 Å². The molecule has 1 saturated heterocycles. The Morgan fingerprint density at radius 3 is 2.26 bits per heavy atom. The van der Waals surface area contributed by atoms with Gasteiger partial charge in [-0.15, -0.1) is 0 Å². The molecule has 0 amide bonds. The summed E-state index contributed by atoms with van der Waals surface area (Å²) < 4.78 is 6.10. The van der Waals surface area contributed by atoms with Gasteiger partial charge < -0.3 is 9.64 Å². The van der Waals surface area contributed by atoms with Crippen LogP contribution in [0.2, 0.25) is 5.02 Å². The zero-order valence-electron chi connectivity index (χ0n) is 23.2. The molecular formula is C36H28ClNO4. The van der Waals surface area contributed by atoms with Gasteiger partial charge in [0.25, 0.3) is 0 Å². The normalized spacial score (nSPS) is 21.3. The van der Waals surface area contributed by atoms with Crippen LogP contribution < -0.4 is 9.64 Å². The molecule has 3 atom stereocenters. The van der Waals surface area contributed by atoms with Crippen molar-refractivity contribution in [1.29, 1.82) is 0 Å². The highest BCUT2D eigenvalue weighted by atomic mass is 35.5. The summed E-state index contributed by atoms with van der Waals surface area (Å²) in [4.78, 5) is 46.4. The Balaban J connectivity index is 1.56. The van der Waals surface area contributed by atoms with Gasteiger partial charge in [0.2, 0.25) is 0 Å². The van der Waals surface area contributed by atoms with Crippen LogP contribution in [0.5, 0.6) is 5.75 Å². The van der Waals surface area contributed by atoms with E-state index in [1.807, 2.05) is 91.6 Å². The van der Waals surface area contributed by atoms with Gasteiger partial charge in [-0.2, -0.15) is 0 Å². The van der Waals surface area contributed by atoms with Gasteiger partial charge in [0, 0.05) is 38.9 Å². The molecule has 0 radical (unpaired) electrons. The summed E-state index contributed by atoms with van der Waals surface area (Å²) in [6.07, 6.45) is 3.82. The number of Topliss-reactive ketones (excluding diaryl/α,β-unsaturated/α-hetero) is 3. The van der Waals surface area contributed by atoms with E-state index in [4.69, 9.17) is 16.3 Å². The standard InChI is InChI=1S/C36H28ClNO4/c1-3-42-29-11-7-6-10-27(29)31-32(33(39)22-14-12-21(2)13-15-22)38-28-18-17-24(37)20-23(28)16-19-30(38)36(31)34(40)25-8-4-5-9-26(25)35(36)41/h4-20,30-32H,3H2,1-2H3. The van der Waals surface area contributed by atoms with E-state index < -0.39 is 23.4 Å². The average Bonchev–Trinajstić information content (AvgIpc) is 3.43. The van der Waals surface area contributed by atoms with E-state index in [-0.39, 0.29) is 17.3 Å². The molecular weight excluding hydrogens is 546 g/mol. The van der Waals surface area contributed by atoms with Crippen LogP contribution in [0.3, 0.4) is 0 Å². The number of anilines is 1. The summed E-state index contributed by atoms with van der Waals surface area (Å²) in [6, 6.07) is 25.8. The molecule has 42 heavy (non-hydrogen) atoms. The molecule has 3 unspecified atom stereocenters. The number of ketones is 3. The molecule has 3 aliphatic rings. The maximum atomic E-state index is 14.8. The van der Waals surface area contributed by atoms with Crippen molar-refractivity contribution in [3.63, 3.8) is 0 Å². The highest BCUT2D eigenvalue weighted by Crippen LogP contribution is 2.62. The van der Waals surface area contributed by atoms with Crippen LogP contribution in [0.15, 0.2) is 97.1 Å². The summed E-state index contributed by atoms with van der Waals surface area (Å²) >= 11 is 6.39. The van der Waals surface area contributed by atoms with Crippen LogP contribution in [-0.2, 0) is 0 Å². The second kappa shape index (κ2) is 9.81. The largest absolute Gasteiger partial charge is 0.494 e. The SMILES string of the molecule is CCOc1ccccc1C1C(C(=O)c2ccc(C)cc2)N2c3ccc(Cl)cc3C=CC2C12C(=O)c1ccccc1C2=O. The fourth-order valence-electron chi connectivity index (χ4n) is 7.20. The molecule has 7 rings (SSSR count). The van der Waals surface area contributed by atoms with E-state index in [1.54, 1.807) is 30.3 Å². The molecule has 2 aliphatic heterocycles. The van der Waals surface area contributed by atoms with Crippen molar-refractivity contribution in [2.24, 2.45) is 5.41 Å². The van der Waals surface area contributed by atoms with Crippen LogP contribution in [0.25, 0.3) is 6.08 Å². The molecule has 6 heteroatoms. The predicted octanol–water partition coefficient (Wildman–Crippen LogP) is 7.36. The van der Waals surface area contributed by atoms with E-state index in [1.165, 1.54) is 0 Å². The molecule has 0 saturated carbocycles. The number of rotatable bonds is 5. The zero-order chi connectivity index (χ0) is 29.2.